The first-order valence-electron chi connectivity index (χ1n) is 11.4. The number of ether oxygens (including phenoxy) is 2. The highest BCUT2D eigenvalue weighted by Gasteiger charge is 2.35. The van der Waals surface area contributed by atoms with Gasteiger partial charge in [0.15, 0.2) is 0 Å². The Morgan fingerprint density at radius 2 is 1.43 bits per heavy atom. The minimum absolute atomic E-state index is 0.0267. The van der Waals surface area contributed by atoms with E-state index in [1.807, 2.05) is 0 Å². The number of fused-ring (bicyclic) bond motifs is 1. The van der Waals surface area contributed by atoms with Crippen LogP contribution in [0.15, 0.2) is 58.1 Å². The van der Waals surface area contributed by atoms with Gasteiger partial charge in [-0.25, -0.2) is 14.2 Å². The van der Waals surface area contributed by atoms with Crippen LogP contribution in [0.3, 0.4) is 0 Å². The molecule has 12 heteroatoms. The summed E-state index contributed by atoms with van der Waals surface area (Å²) in [4.78, 5) is 50.4. The second kappa shape index (κ2) is 10.9. The molecule has 0 atom stereocenters. The number of hydrogen-bond acceptors (Lipinski definition) is 11. The van der Waals surface area contributed by atoms with Gasteiger partial charge in [-0.3, -0.25) is 9.59 Å². The van der Waals surface area contributed by atoms with Crippen molar-refractivity contribution < 1.29 is 32.7 Å². The quantitative estimate of drug-likeness (QED) is 0.249. The van der Waals surface area contributed by atoms with Crippen LogP contribution in [0.4, 0.5) is 11.4 Å². The molecule has 3 aromatic carbocycles. The standard InChI is InChI=1S/C25H25N2O9P/c1-33-24(30)16-8-3-5-10-18(16)35-37(32,36-19-11-6-4-9-17(19)25(31)34-2)15-14-27-13-7-12-26-20-21(27)23(29)22(20)28/h3-6,8-11,26H,7,12-15H2,1-2H3. The van der Waals surface area contributed by atoms with Gasteiger partial charge in [0.25, 0.3) is 10.9 Å². The summed E-state index contributed by atoms with van der Waals surface area (Å²) in [5.74, 6) is -1.49. The van der Waals surface area contributed by atoms with E-state index in [4.69, 9.17) is 18.5 Å². The van der Waals surface area contributed by atoms with Crippen molar-refractivity contribution in [2.75, 3.05) is 50.2 Å². The molecule has 194 valence electrons. The summed E-state index contributed by atoms with van der Waals surface area (Å²) in [6, 6.07) is 12.1. The molecule has 0 radical (unpaired) electrons. The minimum Gasteiger partial charge on any atom is -0.465 e. The Morgan fingerprint density at radius 3 is 1.97 bits per heavy atom. The zero-order valence-electron chi connectivity index (χ0n) is 20.2. The smallest absolute Gasteiger partial charge is 0.432 e. The molecule has 0 aromatic heterocycles. The largest absolute Gasteiger partial charge is 0.465 e. The highest BCUT2D eigenvalue weighted by atomic mass is 31.2. The topological polar surface area (TPSA) is 138 Å². The lowest BCUT2D eigenvalue weighted by molar-refractivity contribution is 0.0590. The van der Waals surface area contributed by atoms with Crippen LogP contribution in [0.5, 0.6) is 11.5 Å². The number of benzene rings is 2. The maximum absolute atomic E-state index is 14.2. The molecule has 1 aliphatic rings. The zero-order chi connectivity index (χ0) is 26.6. The van der Waals surface area contributed by atoms with Gasteiger partial charge in [-0.05, 0) is 30.7 Å². The molecule has 0 unspecified atom stereocenters. The van der Waals surface area contributed by atoms with E-state index in [0.29, 0.717) is 19.5 Å². The molecule has 37 heavy (non-hydrogen) atoms. The van der Waals surface area contributed by atoms with Crippen LogP contribution in [-0.4, -0.2) is 52.0 Å². The van der Waals surface area contributed by atoms with Gasteiger partial charge in [-0.2, -0.15) is 0 Å². The average molecular weight is 528 g/mol. The van der Waals surface area contributed by atoms with E-state index in [1.165, 1.54) is 38.5 Å². The minimum atomic E-state index is -4.15. The van der Waals surface area contributed by atoms with Crippen molar-refractivity contribution in [3.05, 3.63) is 80.1 Å². The van der Waals surface area contributed by atoms with Gasteiger partial charge in [0.2, 0.25) is 0 Å². The summed E-state index contributed by atoms with van der Waals surface area (Å²) >= 11 is 0. The fourth-order valence-electron chi connectivity index (χ4n) is 3.97. The van der Waals surface area contributed by atoms with Crippen LogP contribution < -0.4 is 30.1 Å². The third-order valence-electron chi connectivity index (χ3n) is 5.81. The Bertz CT molecular complexity index is 1380. The Labute approximate surface area is 212 Å². The maximum atomic E-state index is 14.2. The molecular formula is C25H25N2O9P. The molecule has 1 heterocycles. The van der Waals surface area contributed by atoms with E-state index in [-0.39, 0.29) is 46.7 Å². The van der Waals surface area contributed by atoms with Crippen LogP contribution >= 0.6 is 7.60 Å². The molecule has 11 nitrogen and oxygen atoms in total. The average Bonchev–Trinajstić information content (AvgIpc) is 3.11. The lowest BCUT2D eigenvalue weighted by atomic mass is 10.2. The lowest BCUT2D eigenvalue weighted by Gasteiger charge is -2.27. The normalized spacial score (nSPS) is 13.2. The van der Waals surface area contributed by atoms with Crippen molar-refractivity contribution in [3.8, 4) is 11.5 Å². The van der Waals surface area contributed by atoms with E-state index in [2.05, 4.69) is 5.32 Å². The molecule has 1 aliphatic heterocycles. The third kappa shape index (κ3) is 5.36. The van der Waals surface area contributed by atoms with Crippen molar-refractivity contribution >= 4 is 30.9 Å². The Morgan fingerprint density at radius 1 is 0.892 bits per heavy atom. The molecule has 1 N–H and O–H groups in total. The lowest BCUT2D eigenvalue weighted by Crippen LogP contribution is -2.42. The zero-order valence-corrected chi connectivity index (χ0v) is 21.1. The Balaban J connectivity index is 1.68. The molecule has 0 bridgehead atoms. The van der Waals surface area contributed by atoms with E-state index in [9.17, 15) is 23.7 Å². The van der Waals surface area contributed by atoms with Crippen molar-refractivity contribution in [1.29, 1.82) is 0 Å². The first kappa shape index (κ1) is 26.0. The van der Waals surface area contributed by atoms with Crippen LogP contribution in [0.1, 0.15) is 27.1 Å². The summed E-state index contributed by atoms with van der Waals surface area (Å²) in [7, 11) is -1.74. The van der Waals surface area contributed by atoms with Crippen LogP contribution in [0, 0.1) is 0 Å². The number of nitrogens with zero attached hydrogens (tertiary/aromatic N) is 1. The number of anilines is 2. The first-order valence-corrected chi connectivity index (χ1v) is 13.2. The summed E-state index contributed by atoms with van der Waals surface area (Å²) in [6.07, 6.45) is 0.395. The van der Waals surface area contributed by atoms with Crippen LogP contribution in [0.25, 0.3) is 0 Å². The van der Waals surface area contributed by atoms with Gasteiger partial charge >= 0.3 is 19.5 Å². The fraction of sp³-hybridized carbons (Fsp3) is 0.280. The van der Waals surface area contributed by atoms with Crippen molar-refractivity contribution in [2.45, 2.75) is 6.42 Å². The molecule has 0 spiro atoms. The number of nitrogens with one attached hydrogen (secondary N) is 1. The molecule has 0 saturated heterocycles. The molecular weight excluding hydrogens is 503 g/mol. The van der Waals surface area contributed by atoms with Gasteiger partial charge in [-0.15, -0.1) is 0 Å². The van der Waals surface area contributed by atoms with Crippen molar-refractivity contribution in [2.24, 2.45) is 0 Å². The molecule has 0 aliphatic carbocycles. The predicted molar refractivity (Wildman–Crippen MR) is 136 cm³/mol. The SMILES string of the molecule is COC(=O)c1ccccc1OP(=O)(CCN1CCCNc2c1c(=O)c2=O)Oc1ccccc1C(=O)OC. The molecule has 0 amide bonds. The summed E-state index contributed by atoms with van der Waals surface area (Å²) in [6.45, 7) is 0.984. The van der Waals surface area contributed by atoms with Crippen LogP contribution in [-0.2, 0) is 14.0 Å². The second-order valence-corrected chi connectivity index (χ2v) is 10.2. The number of methoxy groups -OCH3 is 2. The monoisotopic (exact) mass is 528 g/mol. The number of carbonyl (C=O) groups excluding carboxylic acids is 2. The van der Waals surface area contributed by atoms with Crippen LogP contribution in [0.2, 0.25) is 0 Å². The molecule has 4 rings (SSSR count). The number of rotatable bonds is 9. The third-order valence-corrected chi connectivity index (χ3v) is 7.51. The number of carbonyl (C=O) groups is 2. The summed E-state index contributed by atoms with van der Waals surface area (Å²) < 4.78 is 35.5. The highest BCUT2D eigenvalue weighted by molar-refractivity contribution is 7.54. The van der Waals surface area contributed by atoms with Gasteiger partial charge in [0.05, 0.1) is 20.4 Å². The van der Waals surface area contributed by atoms with Crippen molar-refractivity contribution in [1.82, 2.24) is 0 Å². The molecule has 0 saturated carbocycles. The van der Waals surface area contributed by atoms with Gasteiger partial charge in [-0.1, -0.05) is 24.3 Å². The maximum Gasteiger partial charge on any atom is 0.432 e. The van der Waals surface area contributed by atoms with E-state index >= 15 is 0 Å². The summed E-state index contributed by atoms with van der Waals surface area (Å²) in [5.41, 5.74) is -0.674. The fourth-order valence-corrected chi connectivity index (χ4v) is 5.59. The van der Waals surface area contributed by atoms with Gasteiger partial charge in [0.1, 0.15) is 34.0 Å². The van der Waals surface area contributed by atoms with E-state index in [1.54, 1.807) is 29.2 Å². The molecule has 3 aromatic rings. The van der Waals surface area contributed by atoms with Gasteiger partial charge < -0.3 is 28.7 Å². The highest BCUT2D eigenvalue weighted by Crippen LogP contribution is 2.50. The van der Waals surface area contributed by atoms with Gasteiger partial charge in [0, 0.05) is 19.6 Å². The van der Waals surface area contributed by atoms with E-state index < -0.39 is 30.4 Å². The second-order valence-electron chi connectivity index (χ2n) is 8.14. The number of hydrogen-bond donors (Lipinski definition) is 1. The first-order chi connectivity index (χ1) is 17.8. The number of para-hydroxylation sites is 2. The van der Waals surface area contributed by atoms with Crippen molar-refractivity contribution in [3.63, 3.8) is 0 Å². The van der Waals surface area contributed by atoms with E-state index in [0.717, 1.165) is 0 Å². The molecule has 0 fully saturated rings. The summed E-state index contributed by atoms with van der Waals surface area (Å²) in [5, 5.41) is 2.95. The number of esters is 2. The Hall–Kier alpha value is -4.11. The predicted octanol–water partition coefficient (Wildman–Crippen LogP) is 2.83. The Kier molecular flexibility index (Phi) is 7.63.